The summed E-state index contributed by atoms with van der Waals surface area (Å²) < 4.78 is 0. The van der Waals surface area contributed by atoms with Crippen molar-refractivity contribution in [1.82, 2.24) is 0 Å². The normalized spacial score (nSPS) is 26.8. The van der Waals surface area contributed by atoms with E-state index in [0.29, 0.717) is 29.6 Å². The van der Waals surface area contributed by atoms with Crippen LogP contribution in [0.1, 0.15) is 59.1 Å². The largest absolute Gasteiger partial charge is 0.400 e. The van der Waals surface area contributed by atoms with Crippen molar-refractivity contribution in [3.8, 4) is 0 Å². The lowest BCUT2D eigenvalue weighted by Crippen LogP contribution is -2.43. The molecule has 0 aliphatic heterocycles. The van der Waals surface area contributed by atoms with Gasteiger partial charge < -0.3 is 5.11 Å². The molecule has 4 aliphatic carbocycles. The molecule has 0 radical (unpaired) electrons. The van der Waals surface area contributed by atoms with E-state index in [1.54, 1.807) is 0 Å². The number of aliphatic hydroxyl groups excluding tert-OH is 1. The van der Waals surface area contributed by atoms with Crippen LogP contribution in [0, 0.1) is 40.4 Å². The molecule has 1 saturated carbocycles. The van der Waals surface area contributed by atoms with E-state index in [1.807, 2.05) is 0 Å². The summed E-state index contributed by atoms with van der Waals surface area (Å²) >= 11 is 0. The third-order valence-corrected chi connectivity index (χ3v) is 9.82. The van der Waals surface area contributed by atoms with Crippen molar-refractivity contribution in [1.29, 1.82) is 0 Å². The van der Waals surface area contributed by atoms with E-state index in [4.69, 9.17) is 5.11 Å². The number of aliphatic hydroxyl groups is 1. The van der Waals surface area contributed by atoms with Gasteiger partial charge in [0.25, 0.3) is 0 Å². The van der Waals surface area contributed by atoms with Crippen LogP contribution in [0.15, 0.2) is 132 Å². The Balaban J connectivity index is 0.00000165. The van der Waals surface area contributed by atoms with Crippen LogP contribution in [-0.4, -0.2) is 12.2 Å². The molecule has 214 valence electrons. The summed E-state index contributed by atoms with van der Waals surface area (Å²) in [4.78, 5) is 0. The first kappa shape index (κ1) is 29.3. The second kappa shape index (κ2) is 11.3. The number of benzene rings is 2. The van der Waals surface area contributed by atoms with E-state index in [2.05, 4.69) is 157 Å². The van der Waals surface area contributed by atoms with Crippen molar-refractivity contribution >= 4 is 0 Å². The summed E-state index contributed by atoms with van der Waals surface area (Å²) in [6.45, 7) is 14.2. The molecule has 0 spiro atoms. The summed E-state index contributed by atoms with van der Waals surface area (Å²) in [6.07, 6.45) is 23.7. The quantitative estimate of drug-likeness (QED) is 0.406. The Kier molecular flexibility index (Phi) is 8.05. The molecule has 4 atom stereocenters. The lowest BCUT2D eigenvalue weighted by molar-refractivity contribution is 0.264. The summed E-state index contributed by atoms with van der Waals surface area (Å²) in [7, 11) is 1.00. The van der Waals surface area contributed by atoms with Crippen LogP contribution in [0.4, 0.5) is 0 Å². The Bertz CT molecular complexity index is 1310. The molecule has 1 fully saturated rings. The minimum atomic E-state index is -0.243. The van der Waals surface area contributed by atoms with Gasteiger partial charge in [-0.05, 0) is 74.7 Å². The fraction of sp³-hybridized carbons (Fsp3) is 0.400. The van der Waals surface area contributed by atoms with Crippen molar-refractivity contribution in [2.45, 2.75) is 53.4 Å². The molecule has 41 heavy (non-hydrogen) atoms. The SMILES string of the molecule is CC(C)(C)C1=CC2C(C=C1)C1C=CC(C(C)(C)C)=CC1C2C(C1=CCC=C1)(c1ccccc1)c1ccccc1.CO. The molecular formula is C40H48O. The van der Waals surface area contributed by atoms with E-state index in [9.17, 15) is 0 Å². The first-order valence-corrected chi connectivity index (χ1v) is 15.4. The molecule has 0 bridgehead atoms. The predicted molar refractivity (Wildman–Crippen MR) is 174 cm³/mol. The Labute approximate surface area is 248 Å². The van der Waals surface area contributed by atoms with E-state index in [-0.39, 0.29) is 16.2 Å². The molecule has 1 heteroatoms. The van der Waals surface area contributed by atoms with Crippen LogP contribution in [0.25, 0.3) is 0 Å². The van der Waals surface area contributed by atoms with Crippen molar-refractivity contribution in [3.63, 3.8) is 0 Å². The van der Waals surface area contributed by atoms with Gasteiger partial charge >= 0.3 is 0 Å². The highest BCUT2D eigenvalue weighted by Gasteiger charge is 2.59. The van der Waals surface area contributed by atoms with Crippen LogP contribution in [0.2, 0.25) is 0 Å². The van der Waals surface area contributed by atoms with Gasteiger partial charge in [0.2, 0.25) is 0 Å². The molecule has 1 N–H and O–H groups in total. The monoisotopic (exact) mass is 544 g/mol. The van der Waals surface area contributed by atoms with Gasteiger partial charge in [0.1, 0.15) is 0 Å². The van der Waals surface area contributed by atoms with E-state index >= 15 is 0 Å². The average molecular weight is 545 g/mol. The third-order valence-electron chi connectivity index (χ3n) is 9.82. The average Bonchev–Trinajstić information content (AvgIpc) is 3.62. The molecule has 0 heterocycles. The summed E-state index contributed by atoms with van der Waals surface area (Å²) in [6, 6.07) is 22.9. The van der Waals surface area contributed by atoms with Crippen molar-refractivity contribution in [3.05, 3.63) is 143 Å². The number of hydrogen-bond donors (Lipinski definition) is 1. The fourth-order valence-corrected chi connectivity index (χ4v) is 7.95. The zero-order valence-corrected chi connectivity index (χ0v) is 26.0. The Morgan fingerprint density at radius 2 is 1.00 bits per heavy atom. The van der Waals surface area contributed by atoms with E-state index < -0.39 is 0 Å². The number of hydrogen-bond acceptors (Lipinski definition) is 1. The van der Waals surface area contributed by atoms with Crippen LogP contribution >= 0.6 is 0 Å². The summed E-state index contributed by atoms with van der Waals surface area (Å²) in [5.41, 5.74) is 7.24. The van der Waals surface area contributed by atoms with E-state index in [0.717, 1.165) is 13.5 Å². The lowest BCUT2D eigenvalue weighted by atomic mass is 9.55. The highest BCUT2D eigenvalue weighted by Crippen LogP contribution is 2.63. The highest BCUT2D eigenvalue weighted by atomic mass is 16.2. The molecule has 2 aromatic carbocycles. The van der Waals surface area contributed by atoms with Crippen molar-refractivity contribution < 1.29 is 5.11 Å². The van der Waals surface area contributed by atoms with Gasteiger partial charge in [-0.25, -0.2) is 0 Å². The predicted octanol–water partition coefficient (Wildman–Crippen LogP) is 9.65. The molecule has 0 saturated heterocycles. The second-order valence-corrected chi connectivity index (χ2v) is 14.1. The molecule has 2 aromatic rings. The maximum Gasteiger partial charge on any atom is 0.0487 e. The Hall–Kier alpha value is -3.16. The van der Waals surface area contributed by atoms with Crippen molar-refractivity contribution in [2.75, 3.05) is 7.11 Å². The zero-order chi connectivity index (χ0) is 29.4. The number of rotatable bonds is 4. The molecule has 1 nitrogen and oxygen atoms in total. The van der Waals surface area contributed by atoms with Crippen molar-refractivity contribution in [2.24, 2.45) is 40.4 Å². The first-order chi connectivity index (χ1) is 19.6. The smallest absolute Gasteiger partial charge is 0.0487 e. The summed E-state index contributed by atoms with van der Waals surface area (Å²) in [5, 5.41) is 7.00. The first-order valence-electron chi connectivity index (χ1n) is 15.4. The van der Waals surface area contributed by atoms with Gasteiger partial charge in [0.15, 0.2) is 0 Å². The Morgan fingerprint density at radius 3 is 1.37 bits per heavy atom. The molecule has 4 aliphatic rings. The van der Waals surface area contributed by atoms with Crippen LogP contribution < -0.4 is 0 Å². The number of allylic oxidation sites excluding steroid dienone is 12. The molecular weight excluding hydrogens is 496 g/mol. The Morgan fingerprint density at radius 1 is 0.561 bits per heavy atom. The highest BCUT2D eigenvalue weighted by molar-refractivity contribution is 5.57. The summed E-state index contributed by atoms with van der Waals surface area (Å²) in [5.74, 6) is 2.26. The molecule has 6 rings (SSSR count). The van der Waals surface area contributed by atoms with Gasteiger partial charge in [-0.3, -0.25) is 0 Å². The van der Waals surface area contributed by atoms with Gasteiger partial charge in [-0.1, -0.05) is 157 Å². The second-order valence-electron chi connectivity index (χ2n) is 14.1. The minimum absolute atomic E-state index is 0.122. The maximum atomic E-state index is 7.00. The molecule has 4 unspecified atom stereocenters. The zero-order valence-electron chi connectivity index (χ0n) is 26.0. The van der Waals surface area contributed by atoms with Crippen LogP contribution in [-0.2, 0) is 5.41 Å². The van der Waals surface area contributed by atoms with Gasteiger partial charge in [-0.2, -0.15) is 0 Å². The van der Waals surface area contributed by atoms with E-state index in [1.165, 1.54) is 27.8 Å². The fourth-order valence-electron chi connectivity index (χ4n) is 7.95. The maximum absolute atomic E-state index is 7.00. The third kappa shape index (κ3) is 5.08. The van der Waals surface area contributed by atoms with Gasteiger partial charge in [-0.15, -0.1) is 0 Å². The minimum Gasteiger partial charge on any atom is -0.400 e. The number of fused-ring (bicyclic) bond motifs is 3. The van der Waals surface area contributed by atoms with Crippen LogP contribution in [0.3, 0.4) is 0 Å². The standard InChI is InChI=1S/C39H44.CH4O/c1-37(2,3)30-21-23-32-33-24-22-31(38(4,5)6)26-35(33)36(34(32)25-30)39(29-19-13-14-20-29,27-15-9-7-10-16-27)28-17-11-8-12-18-28;1-2/h7-13,15-26,32-36H,14H2,1-6H3;2H,1H3. The molecule has 0 amide bonds. The topological polar surface area (TPSA) is 20.2 Å². The van der Waals surface area contributed by atoms with Crippen LogP contribution in [0.5, 0.6) is 0 Å². The molecule has 0 aromatic heterocycles. The lowest BCUT2D eigenvalue weighted by Gasteiger charge is -2.47. The van der Waals surface area contributed by atoms with Gasteiger partial charge in [0, 0.05) is 12.5 Å². The van der Waals surface area contributed by atoms with Gasteiger partial charge in [0.05, 0.1) is 0 Å².